The second-order valence-electron chi connectivity index (χ2n) is 3.57. The van der Waals surface area contributed by atoms with Crippen molar-refractivity contribution in [2.45, 2.75) is 38.0 Å². The molecule has 0 spiro atoms. The lowest BCUT2D eigenvalue weighted by Gasteiger charge is -2.08. The number of benzene rings is 1. The smallest absolute Gasteiger partial charge is 0.0376 e. The van der Waals surface area contributed by atoms with E-state index in [9.17, 15) is 0 Å². The Bertz CT molecular complexity index is 273. The van der Waals surface area contributed by atoms with Crippen LogP contribution in [0, 0.1) is 0 Å². The van der Waals surface area contributed by atoms with Gasteiger partial charge in [-0.15, -0.1) is 11.6 Å². The van der Waals surface area contributed by atoms with Crippen molar-refractivity contribution in [2.75, 3.05) is 0 Å². The molecule has 1 unspecified atom stereocenters. The Labute approximate surface area is 99.8 Å². The Morgan fingerprint density at radius 3 is 2.86 bits per heavy atom. The van der Waals surface area contributed by atoms with Crippen LogP contribution < -0.4 is 0 Å². The van der Waals surface area contributed by atoms with E-state index < -0.39 is 0 Å². The van der Waals surface area contributed by atoms with E-state index in [0.717, 1.165) is 17.3 Å². The van der Waals surface area contributed by atoms with Gasteiger partial charge in [-0.25, -0.2) is 0 Å². The van der Waals surface area contributed by atoms with Gasteiger partial charge in [-0.05, 0) is 30.5 Å². The van der Waals surface area contributed by atoms with Crippen LogP contribution >= 0.6 is 27.5 Å². The molecule has 0 nitrogen and oxygen atoms in total. The van der Waals surface area contributed by atoms with Crippen molar-refractivity contribution in [3.63, 3.8) is 0 Å². The third-order valence-corrected chi connectivity index (χ3v) is 3.08. The molecule has 1 atom stereocenters. The summed E-state index contributed by atoms with van der Waals surface area (Å²) in [6.45, 7) is 2.20. The zero-order valence-corrected chi connectivity index (χ0v) is 10.8. The summed E-state index contributed by atoms with van der Waals surface area (Å²) in [5.74, 6) is 0. The van der Waals surface area contributed by atoms with Gasteiger partial charge in [0, 0.05) is 9.85 Å². The zero-order chi connectivity index (χ0) is 10.4. The molecule has 1 rings (SSSR count). The molecule has 0 N–H and O–H groups in total. The minimum Gasteiger partial charge on any atom is -0.123 e. The lowest BCUT2D eigenvalue weighted by Crippen LogP contribution is -2.02. The van der Waals surface area contributed by atoms with Crippen LogP contribution in [0.4, 0.5) is 0 Å². The minimum atomic E-state index is 0.282. The van der Waals surface area contributed by atoms with Gasteiger partial charge >= 0.3 is 0 Å². The highest BCUT2D eigenvalue weighted by Gasteiger charge is 2.05. The lowest BCUT2D eigenvalue weighted by molar-refractivity contribution is 0.674. The van der Waals surface area contributed by atoms with E-state index in [1.807, 2.05) is 6.07 Å². The van der Waals surface area contributed by atoms with E-state index in [0.29, 0.717) is 0 Å². The molecule has 0 saturated carbocycles. The number of halogens is 2. The molecule has 14 heavy (non-hydrogen) atoms. The van der Waals surface area contributed by atoms with Gasteiger partial charge < -0.3 is 0 Å². The Morgan fingerprint density at radius 2 is 2.21 bits per heavy atom. The summed E-state index contributed by atoms with van der Waals surface area (Å²) in [6.07, 6.45) is 4.54. The quantitative estimate of drug-likeness (QED) is 0.678. The first-order valence-electron chi connectivity index (χ1n) is 5.11. The Kier molecular flexibility index (Phi) is 5.57. The molecular formula is C12H16BrCl. The molecule has 78 valence electrons. The number of hydrogen-bond acceptors (Lipinski definition) is 0. The fourth-order valence-corrected chi connectivity index (χ4v) is 2.23. The zero-order valence-electron chi connectivity index (χ0n) is 8.47. The molecule has 0 aliphatic carbocycles. The van der Waals surface area contributed by atoms with Crippen LogP contribution in [0.1, 0.15) is 31.7 Å². The topological polar surface area (TPSA) is 0 Å². The molecule has 0 amide bonds. The van der Waals surface area contributed by atoms with Gasteiger partial charge in [0.1, 0.15) is 0 Å². The monoisotopic (exact) mass is 274 g/mol. The van der Waals surface area contributed by atoms with Gasteiger partial charge in [-0.2, -0.15) is 0 Å². The Hall–Kier alpha value is -0.0100. The van der Waals surface area contributed by atoms with E-state index in [1.54, 1.807) is 0 Å². The highest BCUT2D eigenvalue weighted by Crippen LogP contribution is 2.17. The predicted octanol–water partition coefficient (Wildman–Crippen LogP) is 4.79. The van der Waals surface area contributed by atoms with Gasteiger partial charge in [-0.3, -0.25) is 0 Å². The summed E-state index contributed by atoms with van der Waals surface area (Å²) in [5.41, 5.74) is 1.32. The molecule has 0 saturated heterocycles. The first-order valence-corrected chi connectivity index (χ1v) is 6.34. The van der Waals surface area contributed by atoms with Crippen LogP contribution in [-0.4, -0.2) is 5.38 Å². The molecular weight excluding hydrogens is 259 g/mol. The molecule has 0 aromatic heterocycles. The number of hydrogen-bond donors (Lipinski definition) is 0. The summed E-state index contributed by atoms with van der Waals surface area (Å²) in [6, 6.07) is 8.37. The molecule has 1 aromatic rings. The molecule has 0 aliphatic rings. The third-order valence-electron chi connectivity index (χ3n) is 2.22. The first kappa shape index (κ1) is 12.1. The molecule has 2 heteroatoms. The second kappa shape index (κ2) is 6.47. The van der Waals surface area contributed by atoms with E-state index in [4.69, 9.17) is 11.6 Å². The average molecular weight is 276 g/mol. The summed E-state index contributed by atoms with van der Waals surface area (Å²) < 4.78 is 1.13. The van der Waals surface area contributed by atoms with Gasteiger partial charge in [0.25, 0.3) is 0 Å². The van der Waals surface area contributed by atoms with Crippen LogP contribution in [0.5, 0.6) is 0 Å². The van der Waals surface area contributed by atoms with Crippen molar-refractivity contribution < 1.29 is 0 Å². The third kappa shape index (κ3) is 4.47. The standard InChI is InChI=1S/C12H16BrCl/c1-2-3-7-12(14)9-10-5-4-6-11(13)8-10/h4-6,8,12H,2-3,7,9H2,1H3. The molecule has 0 radical (unpaired) electrons. The maximum Gasteiger partial charge on any atom is 0.0376 e. The molecule has 1 aromatic carbocycles. The van der Waals surface area contributed by atoms with Crippen LogP contribution in [0.15, 0.2) is 28.7 Å². The summed E-state index contributed by atoms with van der Waals surface area (Å²) >= 11 is 9.69. The van der Waals surface area contributed by atoms with E-state index in [-0.39, 0.29) is 5.38 Å². The van der Waals surface area contributed by atoms with E-state index in [1.165, 1.54) is 18.4 Å². The summed E-state index contributed by atoms with van der Waals surface area (Å²) in [7, 11) is 0. The van der Waals surface area contributed by atoms with Crippen molar-refractivity contribution in [3.8, 4) is 0 Å². The maximum absolute atomic E-state index is 6.23. The molecule has 0 fully saturated rings. The highest BCUT2D eigenvalue weighted by atomic mass is 79.9. The van der Waals surface area contributed by atoms with Crippen LogP contribution in [0.2, 0.25) is 0 Å². The minimum absolute atomic E-state index is 0.282. The van der Waals surface area contributed by atoms with Crippen molar-refractivity contribution in [2.24, 2.45) is 0 Å². The normalized spacial score (nSPS) is 12.8. The summed E-state index contributed by atoms with van der Waals surface area (Å²) in [5, 5.41) is 0.282. The number of alkyl halides is 1. The van der Waals surface area contributed by atoms with Gasteiger partial charge in [0.05, 0.1) is 0 Å². The van der Waals surface area contributed by atoms with E-state index in [2.05, 4.69) is 41.1 Å². The summed E-state index contributed by atoms with van der Waals surface area (Å²) in [4.78, 5) is 0. The van der Waals surface area contributed by atoms with Crippen molar-refractivity contribution in [1.29, 1.82) is 0 Å². The fourth-order valence-electron chi connectivity index (χ4n) is 1.45. The van der Waals surface area contributed by atoms with Crippen LogP contribution in [-0.2, 0) is 6.42 Å². The Balaban J connectivity index is 2.43. The SMILES string of the molecule is CCCCC(Cl)Cc1cccc(Br)c1. The predicted molar refractivity (Wildman–Crippen MR) is 67.0 cm³/mol. The van der Waals surface area contributed by atoms with Crippen LogP contribution in [0.3, 0.4) is 0 Å². The lowest BCUT2D eigenvalue weighted by atomic mass is 10.1. The average Bonchev–Trinajstić information content (AvgIpc) is 2.15. The number of unbranched alkanes of at least 4 members (excludes halogenated alkanes) is 1. The highest BCUT2D eigenvalue weighted by molar-refractivity contribution is 9.10. The molecule has 0 bridgehead atoms. The van der Waals surface area contributed by atoms with Gasteiger partial charge in [-0.1, -0.05) is 47.8 Å². The first-order chi connectivity index (χ1) is 6.72. The van der Waals surface area contributed by atoms with Gasteiger partial charge in [0.15, 0.2) is 0 Å². The van der Waals surface area contributed by atoms with Crippen molar-refractivity contribution >= 4 is 27.5 Å². The maximum atomic E-state index is 6.23. The Morgan fingerprint density at radius 1 is 1.43 bits per heavy atom. The van der Waals surface area contributed by atoms with E-state index >= 15 is 0 Å². The van der Waals surface area contributed by atoms with Crippen LogP contribution in [0.25, 0.3) is 0 Å². The fraction of sp³-hybridized carbons (Fsp3) is 0.500. The van der Waals surface area contributed by atoms with Crippen molar-refractivity contribution in [1.82, 2.24) is 0 Å². The molecule has 0 heterocycles. The molecule has 0 aliphatic heterocycles. The largest absolute Gasteiger partial charge is 0.123 e. The second-order valence-corrected chi connectivity index (χ2v) is 5.11. The van der Waals surface area contributed by atoms with Crippen molar-refractivity contribution in [3.05, 3.63) is 34.3 Å². The van der Waals surface area contributed by atoms with Gasteiger partial charge in [0.2, 0.25) is 0 Å². The number of rotatable bonds is 5.